The van der Waals surface area contributed by atoms with Crippen LogP contribution in [-0.2, 0) is 9.53 Å². The van der Waals surface area contributed by atoms with Crippen LogP contribution in [0, 0.1) is 0 Å². The van der Waals surface area contributed by atoms with Crippen molar-refractivity contribution in [3.63, 3.8) is 0 Å². The fourth-order valence-corrected chi connectivity index (χ4v) is 2.56. The summed E-state index contributed by atoms with van der Waals surface area (Å²) < 4.78 is 26.7. The van der Waals surface area contributed by atoms with Gasteiger partial charge in [-0.1, -0.05) is 11.8 Å². The molecule has 0 atom stereocenters. The first-order valence-corrected chi connectivity index (χ1v) is 8.62. The molecular weight excluding hydrogens is 348 g/mol. The van der Waals surface area contributed by atoms with Gasteiger partial charge in [0.1, 0.15) is 5.75 Å². The van der Waals surface area contributed by atoms with Gasteiger partial charge in [0.25, 0.3) is 5.22 Å². The van der Waals surface area contributed by atoms with Crippen LogP contribution in [0.15, 0.2) is 21.8 Å². The van der Waals surface area contributed by atoms with Crippen LogP contribution in [0.4, 0.5) is 0 Å². The molecule has 0 radical (unpaired) electrons. The Hall–Kier alpha value is -2.42. The van der Waals surface area contributed by atoms with Crippen molar-refractivity contribution < 1.29 is 28.2 Å². The Bertz CT molecular complexity index is 693. The third-order valence-electron chi connectivity index (χ3n) is 3.02. The molecule has 0 saturated carbocycles. The molecule has 8 nitrogen and oxygen atoms in total. The fourth-order valence-electron chi connectivity index (χ4n) is 2.00. The molecule has 0 N–H and O–H groups in total. The third-order valence-corrected chi connectivity index (χ3v) is 3.81. The van der Waals surface area contributed by atoms with Gasteiger partial charge in [-0.2, -0.15) is 0 Å². The second-order valence-electron chi connectivity index (χ2n) is 4.61. The molecule has 0 saturated heterocycles. The highest BCUT2D eigenvalue weighted by molar-refractivity contribution is 7.99. The molecule has 0 aliphatic heterocycles. The van der Waals surface area contributed by atoms with Crippen molar-refractivity contribution in [1.82, 2.24) is 10.2 Å². The summed E-state index contributed by atoms with van der Waals surface area (Å²) >= 11 is 1.11. The molecule has 0 fully saturated rings. The van der Waals surface area contributed by atoms with E-state index >= 15 is 0 Å². The summed E-state index contributed by atoms with van der Waals surface area (Å²) in [6, 6.07) is 3.45. The monoisotopic (exact) mass is 368 g/mol. The molecule has 0 spiro atoms. The molecule has 0 bridgehead atoms. The van der Waals surface area contributed by atoms with Crippen LogP contribution in [0.2, 0.25) is 0 Å². The van der Waals surface area contributed by atoms with Crippen molar-refractivity contribution in [2.24, 2.45) is 0 Å². The summed E-state index contributed by atoms with van der Waals surface area (Å²) in [6.45, 7) is 4.43. The van der Waals surface area contributed by atoms with Crippen LogP contribution in [0.5, 0.6) is 17.2 Å². The number of rotatable bonds is 9. The van der Waals surface area contributed by atoms with E-state index in [1.807, 2.05) is 6.92 Å². The Balaban J connectivity index is 2.22. The van der Waals surface area contributed by atoms with Gasteiger partial charge in [-0.3, -0.25) is 4.79 Å². The lowest BCUT2D eigenvalue weighted by Gasteiger charge is -2.14. The van der Waals surface area contributed by atoms with Crippen molar-refractivity contribution in [2.75, 3.05) is 33.2 Å². The number of aromatic nitrogens is 2. The summed E-state index contributed by atoms with van der Waals surface area (Å²) in [5, 5.41) is 8.19. The number of carbonyl (C=O) groups is 1. The molecule has 0 aliphatic carbocycles. The Kier molecular flexibility index (Phi) is 6.93. The van der Waals surface area contributed by atoms with Crippen molar-refractivity contribution in [3.05, 3.63) is 12.1 Å². The fraction of sp³-hybridized carbons (Fsp3) is 0.438. The van der Waals surface area contributed by atoms with Gasteiger partial charge in [0.15, 0.2) is 11.5 Å². The lowest BCUT2D eigenvalue weighted by atomic mass is 10.2. The highest BCUT2D eigenvalue weighted by Crippen LogP contribution is 2.41. The quantitative estimate of drug-likeness (QED) is 0.489. The van der Waals surface area contributed by atoms with Gasteiger partial charge in [0, 0.05) is 5.56 Å². The number of benzene rings is 1. The van der Waals surface area contributed by atoms with Gasteiger partial charge in [-0.15, -0.1) is 10.2 Å². The highest BCUT2D eigenvalue weighted by Gasteiger charge is 2.18. The minimum absolute atomic E-state index is 0.103. The third kappa shape index (κ3) is 4.79. The number of ether oxygens (including phenoxy) is 4. The zero-order valence-corrected chi connectivity index (χ0v) is 15.3. The van der Waals surface area contributed by atoms with Gasteiger partial charge in [0.2, 0.25) is 11.6 Å². The average Bonchev–Trinajstić information content (AvgIpc) is 3.09. The van der Waals surface area contributed by atoms with E-state index in [-0.39, 0.29) is 22.8 Å². The number of thioether (sulfide) groups is 1. The Labute approximate surface area is 149 Å². The Morgan fingerprint density at radius 3 is 2.36 bits per heavy atom. The maximum atomic E-state index is 11.4. The summed E-state index contributed by atoms with van der Waals surface area (Å²) in [4.78, 5) is 11.4. The van der Waals surface area contributed by atoms with E-state index < -0.39 is 0 Å². The van der Waals surface area contributed by atoms with Crippen LogP contribution >= 0.6 is 11.8 Å². The number of nitrogens with zero attached hydrogens (tertiary/aromatic N) is 2. The van der Waals surface area contributed by atoms with Gasteiger partial charge >= 0.3 is 5.97 Å². The molecule has 2 rings (SSSR count). The van der Waals surface area contributed by atoms with Crippen molar-refractivity contribution >= 4 is 17.7 Å². The molecule has 1 aromatic heterocycles. The average molecular weight is 368 g/mol. The van der Waals surface area contributed by atoms with Gasteiger partial charge < -0.3 is 23.4 Å². The number of esters is 1. The van der Waals surface area contributed by atoms with E-state index in [1.165, 1.54) is 14.2 Å². The first-order valence-electron chi connectivity index (χ1n) is 7.64. The molecule has 0 unspecified atom stereocenters. The van der Waals surface area contributed by atoms with Gasteiger partial charge in [-0.25, -0.2) is 0 Å². The molecule has 1 aromatic carbocycles. The molecule has 136 valence electrons. The van der Waals surface area contributed by atoms with Gasteiger partial charge in [0.05, 0.1) is 27.4 Å². The number of hydrogen-bond acceptors (Lipinski definition) is 9. The minimum atomic E-state index is -0.336. The highest BCUT2D eigenvalue weighted by atomic mass is 32.2. The Morgan fingerprint density at radius 2 is 1.80 bits per heavy atom. The standard InChI is InChI=1S/C16H20N2O6S/c1-5-22-13(19)9-25-16-18-17-15(24-16)10-7-11(20-3)14(23-6-2)12(8-10)21-4/h7-8H,5-6,9H2,1-4H3. The molecule has 25 heavy (non-hydrogen) atoms. The van der Waals surface area contributed by atoms with E-state index in [4.69, 9.17) is 23.4 Å². The van der Waals surface area contributed by atoms with Crippen LogP contribution in [0.25, 0.3) is 11.5 Å². The molecule has 9 heteroatoms. The molecular formula is C16H20N2O6S. The summed E-state index contributed by atoms with van der Waals surface area (Å²) in [5.74, 6) is 1.55. The van der Waals surface area contributed by atoms with E-state index in [2.05, 4.69) is 10.2 Å². The zero-order chi connectivity index (χ0) is 18.2. The van der Waals surface area contributed by atoms with E-state index in [0.717, 1.165) is 11.8 Å². The second kappa shape index (κ2) is 9.16. The van der Waals surface area contributed by atoms with Gasteiger partial charge in [-0.05, 0) is 26.0 Å². The van der Waals surface area contributed by atoms with Crippen LogP contribution < -0.4 is 14.2 Å². The predicted octanol–water partition coefficient (Wildman–Crippen LogP) is 2.81. The maximum absolute atomic E-state index is 11.4. The molecule has 0 amide bonds. The second-order valence-corrected chi connectivity index (χ2v) is 5.54. The van der Waals surface area contributed by atoms with Crippen LogP contribution in [0.3, 0.4) is 0 Å². The Morgan fingerprint density at radius 1 is 1.12 bits per heavy atom. The summed E-state index contributed by atoms with van der Waals surface area (Å²) in [5.41, 5.74) is 0.618. The van der Waals surface area contributed by atoms with E-state index in [9.17, 15) is 4.79 Å². The number of carbonyl (C=O) groups excluding carboxylic acids is 1. The minimum Gasteiger partial charge on any atom is -0.493 e. The summed E-state index contributed by atoms with van der Waals surface area (Å²) in [7, 11) is 3.07. The smallest absolute Gasteiger partial charge is 0.316 e. The summed E-state index contributed by atoms with van der Waals surface area (Å²) in [6.07, 6.45) is 0. The topological polar surface area (TPSA) is 92.9 Å². The van der Waals surface area contributed by atoms with Crippen molar-refractivity contribution in [3.8, 4) is 28.7 Å². The number of methoxy groups -OCH3 is 2. The number of hydrogen-bond donors (Lipinski definition) is 0. The normalized spacial score (nSPS) is 10.4. The zero-order valence-electron chi connectivity index (χ0n) is 14.5. The lowest BCUT2D eigenvalue weighted by molar-refractivity contribution is -0.139. The predicted molar refractivity (Wildman–Crippen MR) is 91.4 cm³/mol. The SMILES string of the molecule is CCOC(=O)CSc1nnc(-c2cc(OC)c(OCC)c(OC)c2)o1. The lowest BCUT2D eigenvalue weighted by Crippen LogP contribution is -2.06. The van der Waals surface area contributed by atoms with Crippen molar-refractivity contribution in [2.45, 2.75) is 19.1 Å². The van der Waals surface area contributed by atoms with Crippen LogP contribution in [0.1, 0.15) is 13.8 Å². The van der Waals surface area contributed by atoms with E-state index in [0.29, 0.717) is 36.0 Å². The van der Waals surface area contributed by atoms with Crippen molar-refractivity contribution in [1.29, 1.82) is 0 Å². The van der Waals surface area contributed by atoms with Crippen LogP contribution in [-0.4, -0.2) is 49.4 Å². The first kappa shape index (κ1) is 18.9. The van der Waals surface area contributed by atoms with E-state index in [1.54, 1.807) is 19.1 Å². The molecule has 1 heterocycles. The largest absolute Gasteiger partial charge is 0.493 e. The molecule has 0 aliphatic rings. The molecule has 2 aromatic rings. The maximum Gasteiger partial charge on any atom is 0.316 e. The first-order chi connectivity index (χ1) is 12.1.